The summed E-state index contributed by atoms with van der Waals surface area (Å²) in [6, 6.07) is 5.90. The molecule has 8 nitrogen and oxygen atoms in total. The molecule has 3 aliphatic rings. The number of rotatable bonds is 6. The zero-order valence-corrected chi connectivity index (χ0v) is 19.3. The number of amides is 1. The summed E-state index contributed by atoms with van der Waals surface area (Å²) in [5.74, 6) is 1.12. The van der Waals surface area contributed by atoms with Crippen molar-refractivity contribution < 1.29 is 9.53 Å². The van der Waals surface area contributed by atoms with E-state index in [-0.39, 0.29) is 17.9 Å². The first-order chi connectivity index (χ1) is 16.2. The van der Waals surface area contributed by atoms with Gasteiger partial charge in [-0.1, -0.05) is 12.5 Å². The summed E-state index contributed by atoms with van der Waals surface area (Å²) in [5, 5.41) is 3.02. The molecule has 0 bridgehead atoms. The summed E-state index contributed by atoms with van der Waals surface area (Å²) in [6.07, 6.45) is 12.8. The van der Waals surface area contributed by atoms with Gasteiger partial charge in [-0.3, -0.25) is 20.1 Å². The summed E-state index contributed by atoms with van der Waals surface area (Å²) in [7, 11) is 1.57. The lowest BCUT2D eigenvalue weighted by molar-refractivity contribution is -0.119. The van der Waals surface area contributed by atoms with Crippen LogP contribution in [0.4, 0.5) is 5.69 Å². The second kappa shape index (κ2) is 10.2. The molecule has 3 fully saturated rings. The molecule has 176 valence electrons. The van der Waals surface area contributed by atoms with Gasteiger partial charge in [0.1, 0.15) is 6.04 Å². The lowest BCUT2D eigenvalue weighted by Crippen LogP contribution is -2.42. The van der Waals surface area contributed by atoms with Crippen LogP contribution in [0, 0.1) is 5.92 Å². The Kier molecular flexibility index (Phi) is 6.85. The number of nitrogens with one attached hydrogen (secondary N) is 3. The number of hydrogen-bond donors (Lipinski definition) is 3. The fraction of sp³-hybridized carbons (Fsp3) is 0.560. The van der Waals surface area contributed by atoms with Crippen LogP contribution in [0.25, 0.3) is 0 Å². The van der Waals surface area contributed by atoms with Gasteiger partial charge in [-0.05, 0) is 68.3 Å². The maximum absolute atomic E-state index is 13.1. The lowest BCUT2D eigenvalue weighted by atomic mass is 9.73. The number of carbonyl (C=O) groups is 1. The number of methoxy groups -OCH3 is 1. The molecule has 2 aromatic rings. The molecule has 4 unspecified atom stereocenters. The molecule has 1 amide bonds. The Hall–Kier alpha value is -2.55. The average Bonchev–Trinajstić information content (AvgIpc) is 3.28. The number of aromatic nitrogens is 2. The molecule has 33 heavy (non-hydrogen) atoms. The molecule has 1 aliphatic carbocycles. The smallest absolute Gasteiger partial charge is 0.243 e. The van der Waals surface area contributed by atoms with Crippen LogP contribution < -0.4 is 20.9 Å². The van der Waals surface area contributed by atoms with Crippen molar-refractivity contribution in [2.75, 3.05) is 25.5 Å². The number of nitrogens with zero attached hydrogens (tertiary/aromatic N) is 3. The van der Waals surface area contributed by atoms with Crippen molar-refractivity contribution >= 4 is 11.6 Å². The molecule has 4 atom stereocenters. The van der Waals surface area contributed by atoms with Gasteiger partial charge < -0.3 is 10.1 Å². The zero-order chi connectivity index (χ0) is 22.6. The minimum atomic E-state index is -0.276. The van der Waals surface area contributed by atoms with Crippen molar-refractivity contribution in [2.24, 2.45) is 5.92 Å². The third kappa shape index (κ3) is 5.18. The largest absolute Gasteiger partial charge is 0.481 e. The van der Waals surface area contributed by atoms with Crippen LogP contribution in [0.1, 0.15) is 55.6 Å². The Balaban J connectivity index is 1.24. The van der Waals surface area contributed by atoms with E-state index in [0.717, 1.165) is 25.8 Å². The van der Waals surface area contributed by atoms with E-state index in [9.17, 15) is 4.79 Å². The van der Waals surface area contributed by atoms with Crippen LogP contribution in [0.5, 0.6) is 5.88 Å². The number of ether oxygens (including phenoxy) is 1. The first-order valence-corrected chi connectivity index (χ1v) is 12.2. The second-order valence-corrected chi connectivity index (χ2v) is 9.59. The quantitative estimate of drug-likeness (QED) is 0.623. The molecule has 4 heterocycles. The first-order valence-electron chi connectivity index (χ1n) is 12.2. The van der Waals surface area contributed by atoms with Gasteiger partial charge in [0.05, 0.1) is 7.11 Å². The van der Waals surface area contributed by atoms with E-state index in [1.54, 1.807) is 25.4 Å². The monoisotopic (exact) mass is 450 g/mol. The van der Waals surface area contributed by atoms with Crippen LogP contribution >= 0.6 is 0 Å². The molecule has 2 aromatic heterocycles. The van der Waals surface area contributed by atoms with Gasteiger partial charge in [0.2, 0.25) is 11.8 Å². The van der Waals surface area contributed by atoms with Gasteiger partial charge in [0.25, 0.3) is 0 Å². The molecule has 0 aromatic carbocycles. The molecule has 5 rings (SSSR count). The number of anilines is 1. The van der Waals surface area contributed by atoms with Crippen molar-refractivity contribution in [3.05, 3.63) is 47.9 Å². The summed E-state index contributed by atoms with van der Waals surface area (Å²) in [5.41, 5.74) is 9.93. The minimum Gasteiger partial charge on any atom is -0.481 e. The SMILES string of the molecule is COc1cc(NC(=O)C2NNC3CCC(c4cncc(CN5CCCCC5)c4)CC32)ccn1. The van der Waals surface area contributed by atoms with Crippen LogP contribution in [0.15, 0.2) is 36.8 Å². The number of hydrazine groups is 1. The van der Waals surface area contributed by atoms with Crippen LogP contribution in [0.3, 0.4) is 0 Å². The van der Waals surface area contributed by atoms with Gasteiger partial charge in [-0.15, -0.1) is 0 Å². The Bertz CT molecular complexity index is 963. The standard InChI is InChI=1S/C25H34N6O2/c1-33-23-13-20(7-8-27-23)28-25(32)24-21-12-18(5-6-22(21)29-30-24)19-11-17(14-26-15-19)16-31-9-3-2-4-10-31/h7-8,11,13-15,18,21-22,24,29-30H,2-6,9-10,12,16H2,1H3,(H,27,28,32). The Morgan fingerprint density at radius 2 is 2.06 bits per heavy atom. The maximum atomic E-state index is 13.1. The highest BCUT2D eigenvalue weighted by Crippen LogP contribution is 2.40. The predicted molar refractivity (Wildman–Crippen MR) is 127 cm³/mol. The number of carbonyl (C=O) groups excluding carboxylic acids is 1. The van der Waals surface area contributed by atoms with Gasteiger partial charge in [-0.25, -0.2) is 10.4 Å². The van der Waals surface area contributed by atoms with Gasteiger partial charge in [0, 0.05) is 48.8 Å². The summed E-state index contributed by atoms with van der Waals surface area (Å²) < 4.78 is 5.17. The van der Waals surface area contributed by atoms with E-state index in [2.05, 4.69) is 37.1 Å². The molecule has 2 aliphatic heterocycles. The highest BCUT2D eigenvalue weighted by molar-refractivity contribution is 5.95. The van der Waals surface area contributed by atoms with Crippen LogP contribution in [-0.4, -0.2) is 53.1 Å². The van der Waals surface area contributed by atoms with Gasteiger partial charge in [0.15, 0.2) is 0 Å². The summed E-state index contributed by atoms with van der Waals surface area (Å²) in [6.45, 7) is 3.37. The molecular weight excluding hydrogens is 416 g/mol. The maximum Gasteiger partial charge on any atom is 0.243 e. The molecule has 0 spiro atoms. The number of hydrogen-bond acceptors (Lipinski definition) is 7. The Labute approximate surface area is 195 Å². The van der Waals surface area contributed by atoms with Crippen molar-refractivity contribution in [2.45, 2.75) is 63.1 Å². The molecule has 2 saturated heterocycles. The van der Waals surface area contributed by atoms with E-state index in [1.165, 1.54) is 43.5 Å². The second-order valence-electron chi connectivity index (χ2n) is 9.59. The fourth-order valence-electron chi connectivity index (χ4n) is 5.63. The third-order valence-electron chi connectivity index (χ3n) is 7.39. The molecule has 1 saturated carbocycles. The van der Waals surface area contributed by atoms with Crippen LogP contribution in [-0.2, 0) is 11.3 Å². The first kappa shape index (κ1) is 22.3. The Morgan fingerprint density at radius 3 is 2.91 bits per heavy atom. The zero-order valence-electron chi connectivity index (χ0n) is 19.3. The normalized spacial score (nSPS) is 27.7. The lowest BCUT2D eigenvalue weighted by Gasteiger charge is -2.33. The van der Waals surface area contributed by atoms with E-state index < -0.39 is 0 Å². The number of fused-ring (bicyclic) bond motifs is 1. The summed E-state index contributed by atoms with van der Waals surface area (Å²) in [4.78, 5) is 24.3. The average molecular weight is 451 g/mol. The highest BCUT2D eigenvalue weighted by atomic mass is 16.5. The van der Waals surface area contributed by atoms with Crippen molar-refractivity contribution in [3.63, 3.8) is 0 Å². The minimum absolute atomic E-state index is 0.0270. The van der Waals surface area contributed by atoms with E-state index in [0.29, 0.717) is 23.5 Å². The van der Waals surface area contributed by atoms with Gasteiger partial charge in [-0.2, -0.15) is 0 Å². The molecule has 8 heteroatoms. The van der Waals surface area contributed by atoms with Crippen molar-refractivity contribution in [1.29, 1.82) is 0 Å². The number of piperidine rings is 1. The van der Waals surface area contributed by atoms with Crippen molar-refractivity contribution in [1.82, 2.24) is 25.7 Å². The van der Waals surface area contributed by atoms with E-state index >= 15 is 0 Å². The Morgan fingerprint density at radius 1 is 1.18 bits per heavy atom. The fourth-order valence-corrected chi connectivity index (χ4v) is 5.63. The van der Waals surface area contributed by atoms with Crippen molar-refractivity contribution in [3.8, 4) is 5.88 Å². The molecular formula is C25H34N6O2. The van der Waals surface area contributed by atoms with Crippen LogP contribution in [0.2, 0.25) is 0 Å². The number of pyridine rings is 2. The topological polar surface area (TPSA) is 91.4 Å². The van der Waals surface area contributed by atoms with E-state index in [4.69, 9.17) is 4.74 Å². The molecule has 0 radical (unpaired) electrons. The number of likely N-dealkylation sites (tertiary alicyclic amines) is 1. The molecule has 3 N–H and O–H groups in total. The predicted octanol–water partition coefficient (Wildman–Crippen LogP) is 2.84. The summed E-state index contributed by atoms with van der Waals surface area (Å²) >= 11 is 0. The highest BCUT2D eigenvalue weighted by Gasteiger charge is 2.44. The van der Waals surface area contributed by atoms with Gasteiger partial charge >= 0.3 is 0 Å². The van der Waals surface area contributed by atoms with E-state index in [1.807, 2.05) is 12.4 Å². The third-order valence-corrected chi connectivity index (χ3v) is 7.39.